The number of aromatic nitrogens is 2. The monoisotopic (exact) mass is 303 g/mol. The first-order chi connectivity index (χ1) is 10.5. The molecule has 2 aromatic rings. The van der Waals surface area contributed by atoms with E-state index >= 15 is 0 Å². The summed E-state index contributed by atoms with van der Waals surface area (Å²) in [5.74, 6) is -0.127. The molecule has 0 aliphatic rings. The molecule has 0 aliphatic heterocycles. The number of aryl methyl sites for hydroxylation is 1. The number of nitrogens with zero attached hydrogens (tertiary/aromatic N) is 2. The van der Waals surface area contributed by atoms with Crippen molar-refractivity contribution in [3.8, 4) is 11.5 Å². The number of hydrogen-bond donors (Lipinski definition) is 1. The molecule has 6 heteroatoms. The minimum Gasteiger partial charge on any atom is -0.453 e. The zero-order valence-electron chi connectivity index (χ0n) is 12.8. The highest BCUT2D eigenvalue weighted by molar-refractivity contribution is 5.97. The molecule has 0 fully saturated rings. The molecule has 1 heterocycles. The van der Waals surface area contributed by atoms with E-state index in [1.807, 2.05) is 20.8 Å². The van der Waals surface area contributed by atoms with Crippen molar-refractivity contribution >= 4 is 5.91 Å². The van der Waals surface area contributed by atoms with E-state index in [9.17, 15) is 9.18 Å². The fourth-order valence-electron chi connectivity index (χ4n) is 2.00. The van der Waals surface area contributed by atoms with Gasteiger partial charge in [-0.15, -0.1) is 0 Å². The van der Waals surface area contributed by atoms with Crippen LogP contribution in [0.3, 0.4) is 0 Å². The number of carbonyl (C=O) groups excluding carboxylic acids is 1. The van der Waals surface area contributed by atoms with Crippen molar-refractivity contribution < 1.29 is 13.9 Å². The zero-order chi connectivity index (χ0) is 16.1. The Hall–Kier alpha value is -2.50. The Labute approximate surface area is 128 Å². The van der Waals surface area contributed by atoms with Crippen molar-refractivity contribution in [3.05, 3.63) is 47.8 Å². The molecule has 2 rings (SSSR count). The van der Waals surface area contributed by atoms with Crippen molar-refractivity contribution in [2.24, 2.45) is 0 Å². The average molecular weight is 303 g/mol. The topological polar surface area (TPSA) is 64.1 Å². The highest BCUT2D eigenvalue weighted by Crippen LogP contribution is 2.30. The molecule has 0 spiro atoms. The SMILES string of the molecule is CCc1cc(F)cc(C(=O)NC(C)C)c1Oc1cncnc1. The van der Waals surface area contributed by atoms with E-state index in [0.29, 0.717) is 23.5 Å². The van der Waals surface area contributed by atoms with Crippen LogP contribution in [0.5, 0.6) is 11.5 Å². The van der Waals surface area contributed by atoms with Gasteiger partial charge in [-0.3, -0.25) is 4.79 Å². The van der Waals surface area contributed by atoms with E-state index in [1.54, 1.807) is 0 Å². The van der Waals surface area contributed by atoms with Crippen LogP contribution in [0.25, 0.3) is 0 Å². The third-order valence-electron chi connectivity index (χ3n) is 2.93. The van der Waals surface area contributed by atoms with Gasteiger partial charge in [-0.2, -0.15) is 0 Å². The molecule has 1 aromatic carbocycles. The highest BCUT2D eigenvalue weighted by Gasteiger charge is 2.19. The lowest BCUT2D eigenvalue weighted by Gasteiger charge is -2.16. The van der Waals surface area contributed by atoms with Gasteiger partial charge in [0.05, 0.1) is 18.0 Å². The molecule has 22 heavy (non-hydrogen) atoms. The fourth-order valence-corrected chi connectivity index (χ4v) is 2.00. The lowest BCUT2D eigenvalue weighted by molar-refractivity contribution is 0.0940. The first kappa shape index (κ1) is 15.9. The summed E-state index contributed by atoms with van der Waals surface area (Å²) in [6.07, 6.45) is 4.88. The minimum absolute atomic E-state index is 0.0613. The normalized spacial score (nSPS) is 10.6. The summed E-state index contributed by atoms with van der Waals surface area (Å²) in [6, 6.07) is 2.48. The molecule has 0 radical (unpaired) electrons. The van der Waals surface area contributed by atoms with Crippen molar-refractivity contribution in [1.82, 2.24) is 15.3 Å². The summed E-state index contributed by atoms with van der Waals surface area (Å²) in [5, 5.41) is 2.75. The molecule has 0 unspecified atom stereocenters. The van der Waals surface area contributed by atoms with E-state index in [-0.39, 0.29) is 17.5 Å². The maximum Gasteiger partial charge on any atom is 0.255 e. The van der Waals surface area contributed by atoms with Gasteiger partial charge in [-0.25, -0.2) is 14.4 Å². The Bertz CT molecular complexity index is 660. The second-order valence-electron chi connectivity index (χ2n) is 5.10. The number of rotatable bonds is 5. The number of benzene rings is 1. The lowest BCUT2D eigenvalue weighted by atomic mass is 10.1. The molecule has 1 aromatic heterocycles. The average Bonchev–Trinajstić information content (AvgIpc) is 2.48. The smallest absolute Gasteiger partial charge is 0.255 e. The summed E-state index contributed by atoms with van der Waals surface area (Å²) >= 11 is 0. The quantitative estimate of drug-likeness (QED) is 0.922. The van der Waals surface area contributed by atoms with E-state index < -0.39 is 5.82 Å². The molecule has 1 amide bonds. The Balaban J connectivity index is 2.46. The third kappa shape index (κ3) is 3.78. The summed E-state index contributed by atoms with van der Waals surface area (Å²) in [6.45, 7) is 5.54. The highest BCUT2D eigenvalue weighted by atomic mass is 19.1. The van der Waals surface area contributed by atoms with Gasteiger partial charge in [0.1, 0.15) is 17.9 Å². The largest absolute Gasteiger partial charge is 0.453 e. The Morgan fingerprint density at radius 3 is 2.59 bits per heavy atom. The van der Waals surface area contributed by atoms with E-state index in [4.69, 9.17) is 4.74 Å². The summed E-state index contributed by atoms with van der Waals surface area (Å²) in [4.78, 5) is 20.0. The van der Waals surface area contributed by atoms with Gasteiger partial charge in [0.2, 0.25) is 0 Å². The lowest BCUT2D eigenvalue weighted by Crippen LogP contribution is -2.30. The van der Waals surface area contributed by atoms with Gasteiger partial charge in [0, 0.05) is 6.04 Å². The Morgan fingerprint density at radius 1 is 1.32 bits per heavy atom. The molecule has 0 aliphatic carbocycles. The van der Waals surface area contributed by atoms with Gasteiger partial charge in [-0.05, 0) is 38.0 Å². The number of halogens is 1. The summed E-state index contributed by atoms with van der Waals surface area (Å²) in [7, 11) is 0. The number of nitrogens with one attached hydrogen (secondary N) is 1. The van der Waals surface area contributed by atoms with Crippen LogP contribution in [-0.2, 0) is 6.42 Å². The Morgan fingerprint density at radius 2 is 2.00 bits per heavy atom. The number of ether oxygens (including phenoxy) is 1. The zero-order valence-corrected chi connectivity index (χ0v) is 12.8. The van der Waals surface area contributed by atoms with Crippen LogP contribution < -0.4 is 10.1 Å². The van der Waals surface area contributed by atoms with E-state index in [0.717, 1.165) is 0 Å². The maximum atomic E-state index is 13.8. The first-order valence-corrected chi connectivity index (χ1v) is 7.07. The second kappa shape index (κ2) is 6.98. The van der Waals surface area contributed by atoms with Crippen LogP contribution >= 0.6 is 0 Å². The van der Waals surface area contributed by atoms with Gasteiger partial charge >= 0.3 is 0 Å². The van der Waals surface area contributed by atoms with Crippen molar-refractivity contribution in [3.63, 3.8) is 0 Å². The van der Waals surface area contributed by atoms with Gasteiger partial charge in [-0.1, -0.05) is 6.92 Å². The third-order valence-corrected chi connectivity index (χ3v) is 2.93. The standard InChI is InChI=1S/C16H18FN3O2/c1-4-11-5-12(17)6-14(16(21)20-10(2)3)15(11)22-13-7-18-9-19-8-13/h5-10H,4H2,1-3H3,(H,20,21). The predicted molar refractivity (Wildman–Crippen MR) is 80.5 cm³/mol. The Kier molecular flexibility index (Phi) is 5.04. The fraction of sp³-hybridized carbons (Fsp3) is 0.312. The molecule has 116 valence electrons. The van der Waals surface area contributed by atoms with Crippen LogP contribution in [0.1, 0.15) is 36.7 Å². The van der Waals surface area contributed by atoms with Gasteiger partial charge < -0.3 is 10.1 Å². The molecule has 0 atom stereocenters. The number of carbonyl (C=O) groups is 1. The molecule has 0 saturated heterocycles. The van der Waals surface area contributed by atoms with E-state index in [2.05, 4.69) is 15.3 Å². The van der Waals surface area contributed by atoms with Crippen LogP contribution in [0.2, 0.25) is 0 Å². The maximum absolute atomic E-state index is 13.8. The predicted octanol–water partition coefficient (Wildman–Crippen LogP) is 3.11. The molecular formula is C16H18FN3O2. The van der Waals surface area contributed by atoms with Crippen LogP contribution in [0.15, 0.2) is 30.9 Å². The van der Waals surface area contributed by atoms with Crippen molar-refractivity contribution in [2.45, 2.75) is 33.2 Å². The number of hydrogen-bond acceptors (Lipinski definition) is 4. The van der Waals surface area contributed by atoms with Gasteiger partial charge in [0.15, 0.2) is 5.75 Å². The first-order valence-electron chi connectivity index (χ1n) is 7.07. The van der Waals surface area contributed by atoms with Crippen molar-refractivity contribution in [2.75, 3.05) is 0 Å². The van der Waals surface area contributed by atoms with Crippen LogP contribution in [0, 0.1) is 5.82 Å². The molecular weight excluding hydrogens is 285 g/mol. The summed E-state index contributed by atoms with van der Waals surface area (Å²) < 4.78 is 19.5. The van der Waals surface area contributed by atoms with Gasteiger partial charge in [0.25, 0.3) is 5.91 Å². The molecule has 5 nitrogen and oxygen atoms in total. The van der Waals surface area contributed by atoms with Crippen LogP contribution in [0.4, 0.5) is 4.39 Å². The minimum atomic E-state index is -0.470. The molecule has 0 saturated carbocycles. The van der Waals surface area contributed by atoms with Crippen LogP contribution in [-0.4, -0.2) is 21.9 Å². The summed E-state index contributed by atoms with van der Waals surface area (Å²) in [5.41, 5.74) is 0.771. The second-order valence-corrected chi connectivity index (χ2v) is 5.10. The van der Waals surface area contributed by atoms with E-state index in [1.165, 1.54) is 30.9 Å². The van der Waals surface area contributed by atoms with Crippen molar-refractivity contribution in [1.29, 1.82) is 0 Å². The number of amides is 1. The molecule has 0 bridgehead atoms. The molecule has 1 N–H and O–H groups in total.